The number of sulfone groups is 1. The molecule has 2 aromatic carbocycles. The topological polar surface area (TPSA) is 111 Å². The smallest absolute Gasteiger partial charge is 0.410 e. The van der Waals surface area contributed by atoms with E-state index in [-0.39, 0.29) is 23.4 Å². The van der Waals surface area contributed by atoms with Gasteiger partial charge in [-0.25, -0.2) is 17.9 Å². The Kier molecular flexibility index (Phi) is 6.66. The normalized spacial score (nSPS) is 20.9. The Bertz CT molecular complexity index is 1400. The second kappa shape index (κ2) is 9.64. The van der Waals surface area contributed by atoms with Crippen molar-refractivity contribution in [3.8, 4) is 16.9 Å². The monoisotopic (exact) mass is 527 g/mol. The average molecular weight is 528 g/mol. The summed E-state index contributed by atoms with van der Waals surface area (Å²) in [5, 5.41) is 14.1. The van der Waals surface area contributed by atoms with Crippen LogP contribution in [0, 0.1) is 0 Å². The lowest BCUT2D eigenvalue weighted by Gasteiger charge is -2.24. The molecule has 2 aliphatic heterocycles. The van der Waals surface area contributed by atoms with Crippen molar-refractivity contribution in [3.05, 3.63) is 42.6 Å². The largest absolute Gasteiger partial charge is 0.508 e. The number of phenolic OH excluding ortho intramolecular Hbond substituents is 1. The first-order chi connectivity index (χ1) is 17.5. The second-order valence-electron chi connectivity index (χ2n) is 10.7. The number of benzene rings is 2. The van der Waals surface area contributed by atoms with Gasteiger partial charge in [0, 0.05) is 25.1 Å². The van der Waals surface area contributed by atoms with Gasteiger partial charge in [-0.05, 0) is 81.8 Å². The fourth-order valence-corrected chi connectivity index (χ4v) is 6.87. The van der Waals surface area contributed by atoms with Crippen LogP contribution in [0.25, 0.3) is 22.0 Å². The van der Waals surface area contributed by atoms with Gasteiger partial charge in [-0.2, -0.15) is 5.10 Å². The maximum absolute atomic E-state index is 14.0. The van der Waals surface area contributed by atoms with E-state index >= 15 is 0 Å². The van der Waals surface area contributed by atoms with Crippen molar-refractivity contribution in [2.45, 2.75) is 68.4 Å². The van der Waals surface area contributed by atoms with Gasteiger partial charge in [-0.1, -0.05) is 12.1 Å². The lowest BCUT2D eigenvalue weighted by molar-refractivity contribution is -0.0366. The van der Waals surface area contributed by atoms with Crippen LogP contribution in [0.2, 0.25) is 0 Å². The van der Waals surface area contributed by atoms with Crippen molar-refractivity contribution in [1.29, 1.82) is 0 Å². The molecule has 3 heterocycles. The molecule has 2 atom stereocenters. The van der Waals surface area contributed by atoms with Gasteiger partial charge >= 0.3 is 6.09 Å². The fraction of sp³-hybridized carbons (Fsp3) is 0.481. The van der Waals surface area contributed by atoms with Crippen LogP contribution in [-0.4, -0.2) is 64.8 Å². The Balaban J connectivity index is 1.56. The number of phenols is 1. The molecule has 3 aromatic rings. The number of fused-ring (bicyclic) bond motifs is 1. The van der Waals surface area contributed by atoms with Crippen molar-refractivity contribution in [3.63, 3.8) is 0 Å². The SMILES string of the molecule is CC(C)(C)OC(=O)N1CC[C@H](S(=O)(=O)c2cc(-c3ccc(O)cc3)cc3c2cnn3C2CCCCO2)C1. The van der Waals surface area contributed by atoms with Crippen LogP contribution in [0.3, 0.4) is 0 Å². The van der Waals surface area contributed by atoms with Gasteiger partial charge in [0.05, 0.1) is 21.9 Å². The first-order valence-electron chi connectivity index (χ1n) is 12.7. The zero-order valence-electron chi connectivity index (χ0n) is 21.4. The fourth-order valence-electron chi connectivity index (χ4n) is 4.97. The molecule has 0 spiro atoms. The molecule has 2 fully saturated rings. The number of hydrogen-bond donors (Lipinski definition) is 1. The van der Waals surface area contributed by atoms with Crippen molar-refractivity contribution in [1.82, 2.24) is 14.7 Å². The average Bonchev–Trinajstić information content (AvgIpc) is 3.52. The van der Waals surface area contributed by atoms with Crippen LogP contribution in [0.5, 0.6) is 5.75 Å². The van der Waals surface area contributed by atoms with E-state index < -0.39 is 26.8 Å². The number of hydrogen-bond acceptors (Lipinski definition) is 7. The van der Waals surface area contributed by atoms with Gasteiger partial charge in [0.25, 0.3) is 0 Å². The van der Waals surface area contributed by atoms with E-state index in [4.69, 9.17) is 9.47 Å². The summed E-state index contributed by atoms with van der Waals surface area (Å²) >= 11 is 0. The Morgan fingerprint density at radius 1 is 1.11 bits per heavy atom. The Morgan fingerprint density at radius 2 is 1.86 bits per heavy atom. The number of amides is 1. The molecule has 0 radical (unpaired) electrons. The summed E-state index contributed by atoms with van der Waals surface area (Å²) in [5.41, 5.74) is 1.49. The van der Waals surface area contributed by atoms with Crippen LogP contribution in [0.15, 0.2) is 47.5 Å². The van der Waals surface area contributed by atoms with Crippen LogP contribution in [-0.2, 0) is 19.3 Å². The van der Waals surface area contributed by atoms with Gasteiger partial charge < -0.3 is 19.5 Å². The molecule has 10 heteroatoms. The number of rotatable bonds is 4. The summed E-state index contributed by atoms with van der Waals surface area (Å²) in [6, 6.07) is 10.3. The molecule has 1 amide bonds. The number of aromatic nitrogens is 2. The summed E-state index contributed by atoms with van der Waals surface area (Å²) < 4.78 is 41.3. The van der Waals surface area contributed by atoms with E-state index in [2.05, 4.69) is 5.10 Å². The highest BCUT2D eigenvalue weighted by Crippen LogP contribution is 2.37. The standard InChI is InChI=1S/C27H33N3O6S/c1-27(2,3)36-26(32)29-12-11-21(17-29)37(33,34)24-15-19(18-7-9-20(31)10-8-18)14-23-22(24)16-28-30(23)25-6-4-5-13-35-25/h7-10,14-16,21,25,31H,4-6,11-13,17H2,1-3H3/t21-,25?/m0/s1. The molecule has 198 valence electrons. The lowest BCUT2D eigenvalue weighted by atomic mass is 10.0. The van der Waals surface area contributed by atoms with E-state index in [9.17, 15) is 18.3 Å². The highest BCUT2D eigenvalue weighted by Gasteiger charge is 2.39. The zero-order chi connectivity index (χ0) is 26.4. The third-order valence-electron chi connectivity index (χ3n) is 6.85. The second-order valence-corrected chi connectivity index (χ2v) is 12.9. The third-order valence-corrected chi connectivity index (χ3v) is 9.06. The molecule has 0 saturated carbocycles. The van der Waals surface area contributed by atoms with Gasteiger partial charge in [-0.3, -0.25) is 0 Å². The summed E-state index contributed by atoms with van der Waals surface area (Å²) in [7, 11) is -3.82. The zero-order valence-corrected chi connectivity index (χ0v) is 22.2. The molecule has 1 aromatic heterocycles. The Labute approximate surface area is 216 Å². The summed E-state index contributed by atoms with van der Waals surface area (Å²) in [4.78, 5) is 14.2. The lowest BCUT2D eigenvalue weighted by Crippen LogP contribution is -2.36. The summed E-state index contributed by atoms with van der Waals surface area (Å²) in [6.07, 6.45) is 3.96. The van der Waals surface area contributed by atoms with Crippen LogP contribution >= 0.6 is 0 Å². The molecule has 2 aliphatic rings. The maximum Gasteiger partial charge on any atom is 0.410 e. The molecule has 37 heavy (non-hydrogen) atoms. The first kappa shape index (κ1) is 25.5. The van der Waals surface area contributed by atoms with Gasteiger partial charge in [0.15, 0.2) is 16.1 Å². The van der Waals surface area contributed by atoms with Crippen molar-refractivity contribution < 1.29 is 27.8 Å². The highest BCUT2D eigenvalue weighted by atomic mass is 32.2. The number of likely N-dealkylation sites (tertiary alicyclic amines) is 1. The van der Waals surface area contributed by atoms with Gasteiger partial charge in [0.1, 0.15) is 11.4 Å². The minimum absolute atomic E-state index is 0.0715. The highest BCUT2D eigenvalue weighted by molar-refractivity contribution is 7.92. The summed E-state index contributed by atoms with van der Waals surface area (Å²) in [5.74, 6) is 0.131. The number of ether oxygens (including phenoxy) is 2. The molecular formula is C27H33N3O6S. The molecule has 2 saturated heterocycles. The molecule has 1 N–H and O–H groups in total. The van der Waals surface area contributed by atoms with Crippen molar-refractivity contribution in [2.24, 2.45) is 0 Å². The van der Waals surface area contributed by atoms with Crippen LogP contribution in [0.1, 0.15) is 52.7 Å². The predicted molar refractivity (Wildman–Crippen MR) is 139 cm³/mol. The van der Waals surface area contributed by atoms with E-state index in [1.807, 2.05) is 6.07 Å². The van der Waals surface area contributed by atoms with Crippen LogP contribution in [0.4, 0.5) is 4.79 Å². The molecule has 5 rings (SSSR count). The van der Waals surface area contributed by atoms with Gasteiger partial charge in [0.2, 0.25) is 0 Å². The predicted octanol–water partition coefficient (Wildman–Crippen LogP) is 4.89. The van der Waals surface area contributed by atoms with E-state index in [1.54, 1.807) is 62.0 Å². The number of nitrogens with zero attached hydrogens (tertiary/aromatic N) is 3. The number of carbonyl (C=O) groups is 1. The Hall–Kier alpha value is -3.11. The number of aromatic hydroxyl groups is 1. The third kappa shape index (κ3) is 5.17. The van der Waals surface area contributed by atoms with Crippen LogP contribution < -0.4 is 0 Å². The maximum atomic E-state index is 14.0. The van der Waals surface area contributed by atoms with Crippen molar-refractivity contribution in [2.75, 3.05) is 19.7 Å². The number of carbonyl (C=O) groups excluding carboxylic acids is 1. The minimum Gasteiger partial charge on any atom is -0.508 e. The molecule has 0 aliphatic carbocycles. The summed E-state index contributed by atoms with van der Waals surface area (Å²) in [6.45, 7) is 6.38. The van der Waals surface area contributed by atoms with E-state index in [0.29, 0.717) is 36.0 Å². The van der Waals surface area contributed by atoms with E-state index in [0.717, 1.165) is 24.8 Å². The molecule has 0 bridgehead atoms. The quantitative estimate of drug-likeness (QED) is 0.514. The minimum atomic E-state index is -3.82. The molecule has 1 unspecified atom stereocenters. The first-order valence-corrected chi connectivity index (χ1v) is 14.2. The van der Waals surface area contributed by atoms with Crippen molar-refractivity contribution >= 4 is 26.8 Å². The molecule has 9 nitrogen and oxygen atoms in total. The van der Waals surface area contributed by atoms with E-state index in [1.165, 1.54) is 4.90 Å². The van der Waals surface area contributed by atoms with Gasteiger partial charge in [-0.15, -0.1) is 0 Å². The Morgan fingerprint density at radius 3 is 2.54 bits per heavy atom. The molecular weight excluding hydrogens is 494 g/mol.